The Kier molecular flexibility index (Phi) is 4.67. The molecule has 0 saturated heterocycles. The van der Waals surface area contributed by atoms with E-state index in [0.29, 0.717) is 17.9 Å². The van der Waals surface area contributed by atoms with Crippen LogP contribution in [0.15, 0.2) is 57.4 Å². The third kappa shape index (κ3) is 3.74. The summed E-state index contributed by atoms with van der Waals surface area (Å²) in [5.41, 5.74) is 1.38. The Bertz CT molecular complexity index is 824. The van der Waals surface area contributed by atoms with E-state index in [1.165, 1.54) is 0 Å². The molecule has 1 heterocycles. The lowest BCUT2D eigenvalue weighted by Gasteiger charge is -2.06. The highest BCUT2D eigenvalue weighted by atomic mass is 79.9. The standard InChI is InChI=1S/C18H16BrNO3/c1-2-9-22-15-6-4-14(5-7-15)20-18(21)17-11-12-10-13(19)3-8-16(12)23-17/h3-8,10-11H,2,9H2,1H3,(H,20,21). The van der Waals surface area contributed by atoms with Crippen molar-refractivity contribution in [3.05, 3.63) is 58.8 Å². The number of amides is 1. The van der Waals surface area contributed by atoms with Crippen LogP contribution in [0, 0.1) is 0 Å². The normalized spacial score (nSPS) is 10.7. The molecule has 4 nitrogen and oxygen atoms in total. The molecule has 5 heteroatoms. The lowest BCUT2D eigenvalue weighted by atomic mass is 10.2. The van der Waals surface area contributed by atoms with Crippen molar-refractivity contribution in [2.45, 2.75) is 13.3 Å². The topological polar surface area (TPSA) is 51.5 Å². The fourth-order valence-electron chi connectivity index (χ4n) is 2.17. The predicted octanol–water partition coefficient (Wildman–Crippen LogP) is 5.24. The first-order chi connectivity index (χ1) is 11.2. The number of nitrogens with one attached hydrogen (secondary N) is 1. The molecule has 0 atom stereocenters. The highest BCUT2D eigenvalue weighted by molar-refractivity contribution is 9.10. The van der Waals surface area contributed by atoms with Crippen molar-refractivity contribution < 1.29 is 13.9 Å². The van der Waals surface area contributed by atoms with E-state index < -0.39 is 0 Å². The maximum Gasteiger partial charge on any atom is 0.291 e. The zero-order valence-corrected chi connectivity index (χ0v) is 14.2. The first kappa shape index (κ1) is 15.6. The van der Waals surface area contributed by atoms with Crippen molar-refractivity contribution in [2.75, 3.05) is 11.9 Å². The second kappa shape index (κ2) is 6.87. The molecule has 0 saturated carbocycles. The van der Waals surface area contributed by atoms with Crippen molar-refractivity contribution in [2.24, 2.45) is 0 Å². The molecule has 1 aromatic heterocycles. The summed E-state index contributed by atoms with van der Waals surface area (Å²) in [5, 5.41) is 3.70. The first-order valence-electron chi connectivity index (χ1n) is 7.39. The summed E-state index contributed by atoms with van der Waals surface area (Å²) in [6.07, 6.45) is 0.959. The van der Waals surface area contributed by atoms with Crippen molar-refractivity contribution in [1.29, 1.82) is 0 Å². The maximum atomic E-state index is 12.3. The predicted molar refractivity (Wildman–Crippen MR) is 94.1 cm³/mol. The molecular weight excluding hydrogens is 358 g/mol. The second-order valence-electron chi connectivity index (χ2n) is 5.12. The van der Waals surface area contributed by atoms with Crippen LogP contribution in [0.25, 0.3) is 11.0 Å². The van der Waals surface area contributed by atoms with Crippen molar-refractivity contribution in [3.63, 3.8) is 0 Å². The Hall–Kier alpha value is -2.27. The van der Waals surface area contributed by atoms with E-state index in [0.717, 1.165) is 22.0 Å². The summed E-state index contributed by atoms with van der Waals surface area (Å²) < 4.78 is 12.0. The minimum absolute atomic E-state index is 0.278. The lowest BCUT2D eigenvalue weighted by Crippen LogP contribution is -2.10. The maximum absolute atomic E-state index is 12.3. The number of hydrogen-bond acceptors (Lipinski definition) is 3. The second-order valence-corrected chi connectivity index (χ2v) is 6.04. The Balaban J connectivity index is 1.72. The summed E-state index contributed by atoms with van der Waals surface area (Å²) in [5.74, 6) is 0.794. The monoisotopic (exact) mass is 373 g/mol. The Morgan fingerprint density at radius 3 is 2.70 bits per heavy atom. The van der Waals surface area contributed by atoms with E-state index in [-0.39, 0.29) is 11.7 Å². The molecule has 1 amide bonds. The van der Waals surface area contributed by atoms with E-state index in [1.54, 1.807) is 6.07 Å². The summed E-state index contributed by atoms with van der Waals surface area (Å²) in [4.78, 5) is 12.3. The van der Waals surface area contributed by atoms with Gasteiger partial charge in [-0.2, -0.15) is 0 Å². The van der Waals surface area contributed by atoms with Gasteiger partial charge >= 0.3 is 0 Å². The van der Waals surface area contributed by atoms with Crippen LogP contribution in [0.2, 0.25) is 0 Å². The highest BCUT2D eigenvalue weighted by Crippen LogP contribution is 2.24. The van der Waals surface area contributed by atoms with Crippen LogP contribution in [-0.4, -0.2) is 12.5 Å². The van der Waals surface area contributed by atoms with Gasteiger partial charge in [0.05, 0.1) is 6.61 Å². The number of rotatable bonds is 5. The minimum atomic E-state index is -0.278. The molecule has 2 aromatic carbocycles. The van der Waals surface area contributed by atoms with Gasteiger partial charge in [0.2, 0.25) is 0 Å². The molecule has 0 radical (unpaired) electrons. The number of anilines is 1. The van der Waals surface area contributed by atoms with Crippen molar-refractivity contribution >= 4 is 38.5 Å². The fourth-order valence-corrected chi connectivity index (χ4v) is 2.55. The quantitative estimate of drug-likeness (QED) is 0.665. The van der Waals surface area contributed by atoms with Crippen LogP contribution in [0.3, 0.4) is 0 Å². The van der Waals surface area contributed by atoms with E-state index in [9.17, 15) is 4.79 Å². The Morgan fingerprint density at radius 2 is 1.96 bits per heavy atom. The molecule has 0 aliphatic rings. The molecule has 0 aliphatic heterocycles. The number of halogens is 1. The molecule has 0 aliphatic carbocycles. The van der Waals surface area contributed by atoms with Gasteiger partial charge in [-0.05, 0) is 55.0 Å². The van der Waals surface area contributed by atoms with Crippen LogP contribution < -0.4 is 10.1 Å². The van der Waals surface area contributed by atoms with E-state index in [1.807, 2.05) is 42.5 Å². The molecule has 0 unspecified atom stereocenters. The third-order valence-corrected chi connectivity index (χ3v) is 3.78. The Morgan fingerprint density at radius 1 is 1.17 bits per heavy atom. The molecule has 3 rings (SSSR count). The average Bonchev–Trinajstić information content (AvgIpc) is 2.97. The molecule has 1 N–H and O–H groups in total. The average molecular weight is 374 g/mol. The minimum Gasteiger partial charge on any atom is -0.494 e. The zero-order valence-electron chi connectivity index (χ0n) is 12.6. The van der Waals surface area contributed by atoms with Crippen molar-refractivity contribution in [1.82, 2.24) is 0 Å². The SMILES string of the molecule is CCCOc1ccc(NC(=O)c2cc3cc(Br)ccc3o2)cc1. The summed E-state index contributed by atoms with van der Waals surface area (Å²) in [6, 6.07) is 14.6. The van der Waals surface area contributed by atoms with Gasteiger partial charge in [0.15, 0.2) is 5.76 Å². The van der Waals surface area contributed by atoms with E-state index >= 15 is 0 Å². The van der Waals surface area contributed by atoms with Crippen LogP contribution in [0.1, 0.15) is 23.9 Å². The summed E-state index contributed by atoms with van der Waals surface area (Å²) in [7, 11) is 0. The zero-order chi connectivity index (χ0) is 16.2. The lowest BCUT2D eigenvalue weighted by molar-refractivity contribution is 0.0998. The van der Waals surface area contributed by atoms with Gasteiger partial charge in [-0.25, -0.2) is 0 Å². The number of ether oxygens (including phenoxy) is 1. The van der Waals surface area contributed by atoms with Gasteiger partial charge in [-0.3, -0.25) is 4.79 Å². The number of hydrogen-bond donors (Lipinski definition) is 1. The molecule has 118 valence electrons. The number of carbonyl (C=O) groups excluding carboxylic acids is 1. The third-order valence-electron chi connectivity index (χ3n) is 3.29. The van der Waals surface area contributed by atoms with Gasteiger partial charge in [0, 0.05) is 15.5 Å². The molecule has 23 heavy (non-hydrogen) atoms. The number of furan rings is 1. The van der Waals surface area contributed by atoms with E-state index in [4.69, 9.17) is 9.15 Å². The van der Waals surface area contributed by atoms with Gasteiger partial charge in [-0.15, -0.1) is 0 Å². The smallest absolute Gasteiger partial charge is 0.291 e. The van der Waals surface area contributed by atoms with Crippen LogP contribution >= 0.6 is 15.9 Å². The fraction of sp³-hybridized carbons (Fsp3) is 0.167. The van der Waals surface area contributed by atoms with Crippen LogP contribution in [-0.2, 0) is 0 Å². The molecule has 3 aromatic rings. The molecule has 0 spiro atoms. The summed E-state index contributed by atoms with van der Waals surface area (Å²) >= 11 is 3.40. The van der Waals surface area contributed by atoms with Crippen molar-refractivity contribution in [3.8, 4) is 5.75 Å². The summed E-state index contributed by atoms with van der Waals surface area (Å²) in [6.45, 7) is 2.74. The Labute approximate surface area is 142 Å². The van der Waals surface area contributed by atoms with Gasteiger partial charge in [-0.1, -0.05) is 22.9 Å². The highest BCUT2D eigenvalue weighted by Gasteiger charge is 2.12. The van der Waals surface area contributed by atoms with Gasteiger partial charge in [0.1, 0.15) is 11.3 Å². The molecule has 0 fully saturated rings. The van der Waals surface area contributed by atoms with E-state index in [2.05, 4.69) is 28.2 Å². The molecule has 0 bridgehead atoms. The first-order valence-corrected chi connectivity index (χ1v) is 8.18. The molecular formula is C18H16BrNO3. The van der Waals surface area contributed by atoms with Crippen LogP contribution in [0.4, 0.5) is 5.69 Å². The number of carbonyl (C=O) groups is 1. The largest absolute Gasteiger partial charge is 0.494 e. The number of benzene rings is 2. The van der Waals surface area contributed by atoms with Gasteiger partial charge < -0.3 is 14.5 Å². The van der Waals surface area contributed by atoms with Crippen LogP contribution in [0.5, 0.6) is 5.75 Å². The number of fused-ring (bicyclic) bond motifs is 1. The van der Waals surface area contributed by atoms with Gasteiger partial charge in [0.25, 0.3) is 5.91 Å².